The van der Waals surface area contributed by atoms with Gasteiger partial charge in [-0.2, -0.15) is 0 Å². The van der Waals surface area contributed by atoms with E-state index in [9.17, 15) is 15.5 Å². The van der Waals surface area contributed by atoms with Crippen LogP contribution in [-0.2, 0) is 6.42 Å². The average Bonchev–Trinajstić information content (AvgIpc) is 2.46. The lowest BCUT2D eigenvalue weighted by Gasteiger charge is -2.28. The summed E-state index contributed by atoms with van der Waals surface area (Å²) in [7, 11) is 0. The number of hydrogen-bond donors (Lipinski definition) is 4. The molecule has 6 heteroatoms. The number of fused-ring (bicyclic) bond motifs is 1. The monoisotopic (exact) mass is 306 g/mol. The van der Waals surface area contributed by atoms with Crippen LogP contribution in [0.1, 0.15) is 22.7 Å². The van der Waals surface area contributed by atoms with Crippen LogP contribution in [-0.4, -0.2) is 22.1 Å². The van der Waals surface area contributed by atoms with Gasteiger partial charge in [0.25, 0.3) is 0 Å². The predicted molar refractivity (Wildman–Crippen MR) is 79.2 cm³/mol. The van der Waals surface area contributed by atoms with Crippen LogP contribution in [0, 0.1) is 0 Å². The van der Waals surface area contributed by atoms with E-state index in [1.807, 2.05) is 12.1 Å². The van der Waals surface area contributed by atoms with Crippen molar-refractivity contribution >= 4 is 17.3 Å². The Morgan fingerprint density at radius 1 is 1.14 bits per heavy atom. The molecule has 0 unspecified atom stereocenters. The molecule has 1 aliphatic heterocycles. The lowest BCUT2D eigenvalue weighted by molar-refractivity contribution is 0.0292. The maximum absolute atomic E-state index is 9.59. The highest BCUT2D eigenvalue weighted by Crippen LogP contribution is 2.34. The summed E-state index contributed by atoms with van der Waals surface area (Å²) in [6, 6.07) is 10.3. The summed E-state index contributed by atoms with van der Waals surface area (Å²) in [4.78, 5) is 0. The zero-order chi connectivity index (χ0) is 15.0. The Kier molecular flexibility index (Phi) is 3.73. The fourth-order valence-electron chi connectivity index (χ4n) is 2.71. The van der Waals surface area contributed by atoms with E-state index in [1.165, 1.54) is 0 Å². The third kappa shape index (κ3) is 2.69. The van der Waals surface area contributed by atoms with Crippen LogP contribution >= 0.6 is 11.6 Å². The third-order valence-corrected chi connectivity index (χ3v) is 4.02. The number of aromatic hydroxyl groups is 1. The highest BCUT2D eigenvalue weighted by molar-refractivity contribution is 6.33. The zero-order valence-electron chi connectivity index (χ0n) is 11.1. The SMILES string of the molecule is Oc1ccc2c(c1)CCN[C@@H]2c1ccc(Cl)c(N(O)O)c1. The highest BCUT2D eigenvalue weighted by Gasteiger charge is 2.22. The molecule has 0 bridgehead atoms. The van der Waals surface area contributed by atoms with Crippen LogP contribution in [0.3, 0.4) is 0 Å². The van der Waals surface area contributed by atoms with Crippen molar-refractivity contribution in [2.75, 3.05) is 11.8 Å². The smallest absolute Gasteiger partial charge is 0.115 e. The van der Waals surface area contributed by atoms with Gasteiger partial charge < -0.3 is 10.4 Å². The van der Waals surface area contributed by atoms with Gasteiger partial charge in [0.05, 0.1) is 11.1 Å². The number of hydrogen-bond acceptors (Lipinski definition) is 5. The molecule has 1 atom stereocenters. The lowest BCUT2D eigenvalue weighted by Crippen LogP contribution is -2.30. The van der Waals surface area contributed by atoms with Crippen LogP contribution in [0.5, 0.6) is 5.75 Å². The van der Waals surface area contributed by atoms with E-state index in [1.54, 1.807) is 24.3 Å². The topological polar surface area (TPSA) is 76.0 Å². The molecule has 21 heavy (non-hydrogen) atoms. The molecule has 2 aromatic rings. The van der Waals surface area contributed by atoms with Crippen molar-refractivity contribution in [3.63, 3.8) is 0 Å². The maximum Gasteiger partial charge on any atom is 0.115 e. The van der Waals surface area contributed by atoms with Crippen molar-refractivity contribution in [3.05, 3.63) is 58.1 Å². The van der Waals surface area contributed by atoms with E-state index in [0.717, 1.165) is 29.7 Å². The van der Waals surface area contributed by atoms with E-state index in [2.05, 4.69) is 5.32 Å². The van der Waals surface area contributed by atoms with Gasteiger partial charge in [0.2, 0.25) is 0 Å². The lowest BCUT2D eigenvalue weighted by atomic mass is 9.89. The Morgan fingerprint density at radius 2 is 1.95 bits per heavy atom. The van der Waals surface area contributed by atoms with Crippen LogP contribution in [0.2, 0.25) is 5.02 Å². The molecule has 0 aromatic heterocycles. The van der Waals surface area contributed by atoms with Crippen molar-refractivity contribution in [3.8, 4) is 5.75 Å². The average molecular weight is 307 g/mol. The van der Waals surface area contributed by atoms with E-state index < -0.39 is 0 Å². The Labute approximate surface area is 126 Å². The molecule has 0 saturated carbocycles. The fraction of sp³-hybridized carbons (Fsp3) is 0.200. The van der Waals surface area contributed by atoms with Crippen molar-refractivity contribution in [2.45, 2.75) is 12.5 Å². The molecule has 5 nitrogen and oxygen atoms in total. The molecule has 110 valence electrons. The first kappa shape index (κ1) is 14.2. The molecular formula is C15H15ClN2O3. The first-order valence-corrected chi connectivity index (χ1v) is 6.96. The number of rotatable bonds is 2. The molecule has 0 amide bonds. The molecule has 4 N–H and O–H groups in total. The van der Waals surface area contributed by atoms with Crippen molar-refractivity contribution < 1.29 is 15.5 Å². The number of nitrogens with one attached hydrogen (secondary N) is 1. The summed E-state index contributed by atoms with van der Waals surface area (Å²) < 4.78 is 0. The number of halogens is 1. The Bertz CT molecular complexity index is 676. The van der Waals surface area contributed by atoms with Gasteiger partial charge >= 0.3 is 0 Å². The fourth-order valence-corrected chi connectivity index (χ4v) is 2.90. The third-order valence-electron chi connectivity index (χ3n) is 3.70. The Balaban J connectivity index is 2.05. The van der Waals surface area contributed by atoms with Crippen molar-refractivity contribution in [1.29, 1.82) is 0 Å². The first-order valence-electron chi connectivity index (χ1n) is 6.59. The number of anilines is 1. The van der Waals surface area contributed by atoms with Crippen LogP contribution in [0.15, 0.2) is 36.4 Å². The minimum Gasteiger partial charge on any atom is -0.508 e. The number of nitrogens with zero attached hydrogens (tertiary/aromatic N) is 1. The normalized spacial score (nSPS) is 17.4. The number of phenolic OH excluding ortho intramolecular Hbond substituents is 1. The quantitative estimate of drug-likeness (QED) is 0.642. The van der Waals surface area contributed by atoms with E-state index >= 15 is 0 Å². The van der Waals surface area contributed by atoms with E-state index in [0.29, 0.717) is 0 Å². The van der Waals surface area contributed by atoms with Gasteiger partial charge in [-0.1, -0.05) is 23.7 Å². The molecule has 0 aliphatic carbocycles. The van der Waals surface area contributed by atoms with E-state index in [4.69, 9.17) is 11.6 Å². The zero-order valence-corrected chi connectivity index (χ0v) is 11.9. The molecule has 0 saturated heterocycles. The number of phenols is 1. The Morgan fingerprint density at radius 3 is 2.71 bits per heavy atom. The summed E-state index contributed by atoms with van der Waals surface area (Å²) in [6.45, 7) is 0.779. The molecule has 3 rings (SSSR count). The summed E-state index contributed by atoms with van der Waals surface area (Å²) in [5.41, 5.74) is 3.14. The summed E-state index contributed by atoms with van der Waals surface area (Å²) in [6.07, 6.45) is 0.840. The second kappa shape index (κ2) is 5.54. The largest absolute Gasteiger partial charge is 0.508 e. The molecule has 0 radical (unpaired) electrons. The van der Waals surface area contributed by atoms with Gasteiger partial charge in [-0.05, 0) is 47.4 Å². The maximum atomic E-state index is 9.59. The number of benzene rings is 2. The second-order valence-electron chi connectivity index (χ2n) is 5.02. The Hall–Kier alpha value is -1.79. The summed E-state index contributed by atoms with van der Waals surface area (Å²) >= 11 is 5.94. The molecule has 0 fully saturated rings. The van der Waals surface area contributed by atoms with Crippen molar-refractivity contribution in [2.24, 2.45) is 0 Å². The van der Waals surface area contributed by atoms with Gasteiger partial charge in [-0.15, -0.1) is 5.23 Å². The van der Waals surface area contributed by atoms with Gasteiger partial charge in [-0.25, -0.2) is 0 Å². The minimum atomic E-state index is -0.0784. The molecule has 2 aromatic carbocycles. The first-order chi connectivity index (χ1) is 10.1. The predicted octanol–water partition coefficient (Wildman–Crippen LogP) is 2.87. The summed E-state index contributed by atoms with van der Waals surface area (Å²) in [5, 5.41) is 31.7. The molecule has 1 aliphatic rings. The highest BCUT2D eigenvalue weighted by atomic mass is 35.5. The molecule has 0 spiro atoms. The van der Waals surface area contributed by atoms with Gasteiger partial charge in [-0.3, -0.25) is 10.4 Å². The van der Waals surface area contributed by atoms with Gasteiger partial charge in [0.15, 0.2) is 0 Å². The summed E-state index contributed by atoms with van der Waals surface area (Å²) in [5.74, 6) is 0.253. The minimum absolute atomic E-state index is 0.0202. The molecular weight excluding hydrogens is 292 g/mol. The van der Waals surface area contributed by atoms with Gasteiger partial charge in [0, 0.05) is 6.54 Å². The standard InChI is InChI=1S/C15H15ClN2O3/c16-13-4-1-10(8-14(13)18(20)21)15-12-3-2-11(19)7-9(12)5-6-17-15/h1-4,7-8,15,17,19-21H,5-6H2/t15-/m1/s1. The van der Waals surface area contributed by atoms with Crippen LogP contribution < -0.4 is 10.5 Å². The van der Waals surface area contributed by atoms with Crippen LogP contribution in [0.25, 0.3) is 0 Å². The van der Waals surface area contributed by atoms with E-state index in [-0.39, 0.29) is 27.7 Å². The van der Waals surface area contributed by atoms with Gasteiger partial charge in [0.1, 0.15) is 11.4 Å². The second-order valence-corrected chi connectivity index (χ2v) is 5.43. The van der Waals surface area contributed by atoms with Crippen LogP contribution in [0.4, 0.5) is 5.69 Å². The molecule has 1 heterocycles. The van der Waals surface area contributed by atoms with Crippen molar-refractivity contribution in [1.82, 2.24) is 5.32 Å².